The largest absolute Gasteiger partial charge is 0.376 e. The molecule has 0 saturated heterocycles. The summed E-state index contributed by atoms with van der Waals surface area (Å²) >= 11 is 1.20. The third-order valence-corrected chi connectivity index (χ3v) is 7.10. The number of nitrogens with zero attached hydrogens (tertiary/aromatic N) is 1. The summed E-state index contributed by atoms with van der Waals surface area (Å²) in [6.07, 6.45) is 7.90. The van der Waals surface area contributed by atoms with Gasteiger partial charge in [-0.25, -0.2) is 13.1 Å². The van der Waals surface area contributed by atoms with Crippen molar-refractivity contribution in [2.45, 2.75) is 48.8 Å². The molecule has 0 amide bonds. The first-order chi connectivity index (χ1) is 12.6. The maximum absolute atomic E-state index is 12.0. The lowest BCUT2D eigenvalue weighted by Crippen LogP contribution is -2.42. The fraction of sp³-hybridized carbons (Fsp3) is 0.706. The molecular formula is C17H31IN4O3S2. The molecule has 1 heterocycles. The third kappa shape index (κ3) is 9.55. The second kappa shape index (κ2) is 13.7. The van der Waals surface area contributed by atoms with Crippen LogP contribution in [0.25, 0.3) is 0 Å². The first-order valence-corrected chi connectivity index (χ1v) is 11.6. The summed E-state index contributed by atoms with van der Waals surface area (Å²) in [5.41, 5.74) is 0. The fourth-order valence-corrected chi connectivity index (χ4v) is 4.95. The molecule has 0 unspecified atom stereocenters. The van der Waals surface area contributed by atoms with Gasteiger partial charge in [0.05, 0.1) is 12.7 Å². The van der Waals surface area contributed by atoms with Gasteiger partial charge in [-0.3, -0.25) is 4.99 Å². The van der Waals surface area contributed by atoms with Gasteiger partial charge in [0.25, 0.3) is 0 Å². The maximum atomic E-state index is 12.0. The minimum atomic E-state index is -3.41. The molecular weight excluding hydrogens is 499 g/mol. The molecule has 1 aromatic rings. The molecule has 1 aromatic heterocycles. The Morgan fingerprint density at radius 1 is 1.19 bits per heavy atom. The number of ether oxygens (including phenoxy) is 1. The number of halogens is 1. The van der Waals surface area contributed by atoms with Crippen LogP contribution < -0.4 is 15.4 Å². The Balaban J connectivity index is 0.00000364. The topological polar surface area (TPSA) is 91.8 Å². The summed E-state index contributed by atoms with van der Waals surface area (Å²) in [4.78, 5) is 4.13. The highest BCUT2D eigenvalue weighted by Gasteiger charge is 2.14. The summed E-state index contributed by atoms with van der Waals surface area (Å²) in [7, 11) is -1.72. The minimum Gasteiger partial charge on any atom is -0.376 e. The monoisotopic (exact) mass is 530 g/mol. The van der Waals surface area contributed by atoms with Crippen LogP contribution in [-0.2, 0) is 14.8 Å². The predicted octanol–water partition coefficient (Wildman–Crippen LogP) is 2.55. The number of hydrogen-bond donors (Lipinski definition) is 3. The quantitative estimate of drug-likeness (QED) is 0.150. The van der Waals surface area contributed by atoms with E-state index in [1.165, 1.54) is 37.0 Å². The standard InChI is InChI=1S/C17H30N4O3S2.HI/c1-18-17(20-12-13-24-15-7-4-2-3-5-8-15)19-10-11-21-26(22,23)16-9-6-14-25-16;/h6,9,14-15,21H,2-5,7-8,10-13H2,1H3,(H2,18,19,20);1H. The van der Waals surface area contributed by atoms with Crippen molar-refractivity contribution in [1.29, 1.82) is 0 Å². The molecule has 156 valence electrons. The predicted molar refractivity (Wildman–Crippen MR) is 122 cm³/mol. The zero-order valence-corrected chi connectivity index (χ0v) is 19.7. The third-order valence-electron chi connectivity index (χ3n) is 4.24. The molecule has 0 aliphatic heterocycles. The van der Waals surface area contributed by atoms with Crippen molar-refractivity contribution in [3.8, 4) is 0 Å². The Morgan fingerprint density at radius 2 is 1.89 bits per heavy atom. The van der Waals surface area contributed by atoms with E-state index in [4.69, 9.17) is 4.74 Å². The highest BCUT2D eigenvalue weighted by molar-refractivity contribution is 14.0. The van der Waals surface area contributed by atoms with Gasteiger partial charge in [0.2, 0.25) is 10.0 Å². The summed E-state index contributed by atoms with van der Waals surface area (Å²) < 4.78 is 32.8. The molecule has 10 heteroatoms. The van der Waals surface area contributed by atoms with Crippen LogP contribution in [0.3, 0.4) is 0 Å². The molecule has 3 N–H and O–H groups in total. The normalized spacial score (nSPS) is 16.4. The van der Waals surface area contributed by atoms with E-state index in [2.05, 4.69) is 20.3 Å². The van der Waals surface area contributed by atoms with E-state index in [1.54, 1.807) is 24.6 Å². The number of aliphatic imine (C=N–C) groups is 1. The van der Waals surface area contributed by atoms with Crippen LogP contribution in [0.2, 0.25) is 0 Å². The zero-order chi connectivity index (χ0) is 18.7. The van der Waals surface area contributed by atoms with Crippen LogP contribution in [0.4, 0.5) is 0 Å². The van der Waals surface area contributed by atoms with Gasteiger partial charge in [0, 0.05) is 26.7 Å². The Labute approximate surface area is 183 Å². The van der Waals surface area contributed by atoms with E-state index in [1.807, 2.05) is 0 Å². The lowest BCUT2D eigenvalue weighted by Gasteiger charge is -2.16. The molecule has 0 radical (unpaired) electrons. The Bertz CT molecular complexity index is 631. The molecule has 1 fully saturated rings. The molecule has 1 aliphatic rings. The minimum absolute atomic E-state index is 0. The SMILES string of the molecule is CN=C(NCCNS(=O)(=O)c1cccs1)NCCOC1CCCCCC1.I. The van der Waals surface area contributed by atoms with Crippen LogP contribution in [0, 0.1) is 0 Å². The zero-order valence-electron chi connectivity index (χ0n) is 15.8. The molecule has 1 saturated carbocycles. The van der Waals surface area contributed by atoms with Gasteiger partial charge in [-0.1, -0.05) is 31.7 Å². The van der Waals surface area contributed by atoms with Gasteiger partial charge in [-0.15, -0.1) is 35.3 Å². The van der Waals surface area contributed by atoms with Crippen LogP contribution in [0.5, 0.6) is 0 Å². The molecule has 0 bridgehead atoms. The van der Waals surface area contributed by atoms with E-state index >= 15 is 0 Å². The van der Waals surface area contributed by atoms with E-state index in [0.29, 0.717) is 42.5 Å². The van der Waals surface area contributed by atoms with Crippen molar-refractivity contribution in [3.63, 3.8) is 0 Å². The fourth-order valence-electron chi connectivity index (χ4n) is 2.88. The van der Waals surface area contributed by atoms with Gasteiger partial charge < -0.3 is 15.4 Å². The Morgan fingerprint density at radius 3 is 2.52 bits per heavy atom. The van der Waals surface area contributed by atoms with Crippen molar-refractivity contribution < 1.29 is 13.2 Å². The van der Waals surface area contributed by atoms with Gasteiger partial charge in [0.1, 0.15) is 4.21 Å². The summed E-state index contributed by atoms with van der Waals surface area (Å²) in [6, 6.07) is 3.32. The lowest BCUT2D eigenvalue weighted by atomic mass is 10.1. The average molecular weight is 530 g/mol. The van der Waals surface area contributed by atoms with Crippen LogP contribution in [0.15, 0.2) is 26.7 Å². The molecule has 7 nitrogen and oxygen atoms in total. The molecule has 2 rings (SSSR count). The Kier molecular flexibility index (Phi) is 12.5. The molecule has 27 heavy (non-hydrogen) atoms. The molecule has 0 aromatic carbocycles. The van der Waals surface area contributed by atoms with Crippen molar-refractivity contribution >= 4 is 51.3 Å². The summed E-state index contributed by atoms with van der Waals surface area (Å²) in [5.74, 6) is 0.643. The van der Waals surface area contributed by atoms with Gasteiger partial charge in [-0.05, 0) is 24.3 Å². The molecule has 0 spiro atoms. The van der Waals surface area contributed by atoms with E-state index < -0.39 is 10.0 Å². The number of nitrogens with one attached hydrogen (secondary N) is 3. The summed E-state index contributed by atoms with van der Waals surface area (Å²) in [6.45, 7) is 2.07. The van der Waals surface area contributed by atoms with Crippen LogP contribution in [-0.4, -0.2) is 53.8 Å². The maximum Gasteiger partial charge on any atom is 0.250 e. The number of hydrogen-bond acceptors (Lipinski definition) is 5. The van der Waals surface area contributed by atoms with E-state index in [-0.39, 0.29) is 24.0 Å². The highest BCUT2D eigenvalue weighted by Crippen LogP contribution is 2.19. The van der Waals surface area contributed by atoms with Crippen molar-refractivity contribution in [1.82, 2.24) is 15.4 Å². The smallest absolute Gasteiger partial charge is 0.250 e. The van der Waals surface area contributed by atoms with Crippen molar-refractivity contribution in [2.24, 2.45) is 4.99 Å². The van der Waals surface area contributed by atoms with E-state index in [9.17, 15) is 8.42 Å². The number of sulfonamides is 1. The van der Waals surface area contributed by atoms with Gasteiger partial charge in [0.15, 0.2) is 5.96 Å². The average Bonchev–Trinajstić information content (AvgIpc) is 3.06. The van der Waals surface area contributed by atoms with E-state index in [0.717, 1.165) is 12.8 Å². The van der Waals surface area contributed by atoms with Crippen LogP contribution >= 0.6 is 35.3 Å². The summed E-state index contributed by atoms with van der Waals surface area (Å²) in [5, 5.41) is 8.03. The molecule has 1 aliphatic carbocycles. The first kappa shape index (κ1) is 24.6. The van der Waals surface area contributed by atoms with Gasteiger partial charge >= 0.3 is 0 Å². The highest BCUT2D eigenvalue weighted by atomic mass is 127. The first-order valence-electron chi connectivity index (χ1n) is 9.21. The number of rotatable bonds is 9. The number of guanidine groups is 1. The lowest BCUT2D eigenvalue weighted by molar-refractivity contribution is 0.0468. The second-order valence-electron chi connectivity index (χ2n) is 6.24. The van der Waals surface area contributed by atoms with Crippen molar-refractivity contribution in [3.05, 3.63) is 17.5 Å². The van der Waals surface area contributed by atoms with Gasteiger partial charge in [-0.2, -0.15) is 0 Å². The Hall–Kier alpha value is -0.430. The van der Waals surface area contributed by atoms with Crippen molar-refractivity contribution in [2.75, 3.05) is 33.3 Å². The number of thiophene rings is 1. The second-order valence-corrected chi connectivity index (χ2v) is 9.18. The van der Waals surface area contributed by atoms with Crippen LogP contribution in [0.1, 0.15) is 38.5 Å². The molecule has 0 atom stereocenters.